The van der Waals surface area contributed by atoms with E-state index in [9.17, 15) is 8.42 Å². The van der Waals surface area contributed by atoms with E-state index in [0.29, 0.717) is 18.8 Å². The molecule has 106 valence electrons. The fourth-order valence-corrected chi connectivity index (χ4v) is 3.97. The molecule has 20 heavy (non-hydrogen) atoms. The van der Waals surface area contributed by atoms with Gasteiger partial charge in [-0.05, 0) is 24.8 Å². The minimum Gasteiger partial charge on any atom is -0.298 e. The maximum atomic E-state index is 12.2. The maximum absolute atomic E-state index is 12.2. The maximum Gasteiger partial charge on any atom is 0.250 e. The molecule has 2 heterocycles. The highest BCUT2D eigenvalue weighted by Gasteiger charge is 2.24. The molecule has 6 nitrogen and oxygen atoms in total. The van der Waals surface area contributed by atoms with E-state index in [2.05, 4.69) is 10.2 Å². The second kappa shape index (κ2) is 6.15. The molecule has 0 saturated carbocycles. The van der Waals surface area contributed by atoms with Crippen molar-refractivity contribution in [1.29, 1.82) is 5.26 Å². The van der Waals surface area contributed by atoms with Crippen molar-refractivity contribution >= 4 is 21.2 Å². The van der Waals surface area contributed by atoms with Gasteiger partial charge in [-0.15, -0.1) is 21.5 Å². The Bertz CT molecular complexity index is 711. The molecule has 0 unspecified atom stereocenters. The number of hydrogen-bond donors (Lipinski definition) is 0. The standard InChI is InChI=1S/C12H14N4O2S2/c1-2-16-11(10-6-5-8-19-10)14-15-12(16)20(17,18)9-4-3-7-13/h5-6,8H,2-4,9H2,1H3. The van der Waals surface area contributed by atoms with E-state index in [1.165, 1.54) is 11.3 Å². The second-order valence-electron chi connectivity index (χ2n) is 4.11. The molecule has 8 heteroatoms. The Hall–Kier alpha value is -1.72. The van der Waals surface area contributed by atoms with Crippen LogP contribution in [0.3, 0.4) is 0 Å². The van der Waals surface area contributed by atoms with E-state index in [4.69, 9.17) is 5.26 Å². The normalized spacial score (nSPS) is 11.4. The molecular weight excluding hydrogens is 296 g/mol. The number of nitrogens with zero attached hydrogens (tertiary/aromatic N) is 4. The summed E-state index contributed by atoms with van der Waals surface area (Å²) in [5.74, 6) is 0.490. The topological polar surface area (TPSA) is 88.6 Å². The van der Waals surface area contributed by atoms with Crippen LogP contribution in [-0.2, 0) is 16.4 Å². The number of sulfone groups is 1. The van der Waals surface area contributed by atoms with E-state index in [1.807, 2.05) is 30.5 Å². The first-order valence-corrected chi connectivity index (χ1v) is 8.70. The first-order chi connectivity index (χ1) is 9.60. The Morgan fingerprint density at radius 3 is 2.85 bits per heavy atom. The van der Waals surface area contributed by atoms with E-state index < -0.39 is 9.84 Å². The zero-order valence-electron chi connectivity index (χ0n) is 11.0. The molecule has 0 spiro atoms. The molecule has 0 N–H and O–H groups in total. The smallest absolute Gasteiger partial charge is 0.250 e. The van der Waals surface area contributed by atoms with Crippen LogP contribution in [-0.4, -0.2) is 28.9 Å². The second-order valence-corrected chi connectivity index (χ2v) is 7.06. The van der Waals surface area contributed by atoms with Gasteiger partial charge in [-0.25, -0.2) is 8.42 Å². The Kier molecular flexibility index (Phi) is 4.52. The molecule has 0 aliphatic heterocycles. The van der Waals surface area contributed by atoms with Crippen molar-refractivity contribution in [3.8, 4) is 16.8 Å². The summed E-state index contributed by atoms with van der Waals surface area (Å²) in [4.78, 5) is 0.887. The van der Waals surface area contributed by atoms with Gasteiger partial charge in [-0.2, -0.15) is 5.26 Å². The first-order valence-electron chi connectivity index (χ1n) is 6.17. The lowest BCUT2D eigenvalue weighted by molar-refractivity contribution is 0.567. The summed E-state index contributed by atoms with van der Waals surface area (Å²) in [6.07, 6.45) is 0.529. The average Bonchev–Trinajstić information content (AvgIpc) is 3.07. The molecule has 0 bridgehead atoms. The van der Waals surface area contributed by atoms with Gasteiger partial charge in [-0.3, -0.25) is 4.57 Å². The fraction of sp³-hybridized carbons (Fsp3) is 0.417. The van der Waals surface area contributed by atoms with Crippen molar-refractivity contribution < 1.29 is 8.42 Å². The van der Waals surface area contributed by atoms with Gasteiger partial charge in [-0.1, -0.05) is 6.07 Å². The fourth-order valence-electron chi connectivity index (χ4n) is 1.82. The zero-order valence-corrected chi connectivity index (χ0v) is 12.6. The monoisotopic (exact) mass is 310 g/mol. The number of unbranched alkanes of at least 4 members (excludes halogenated alkanes) is 1. The van der Waals surface area contributed by atoms with Crippen LogP contribution >= 0.6 is 11.3 Å². The van der Waals surface area contributed by atoms with Crippen molar-refractivity contribution in [2.45, 2.75) is 31.5 Å². The zero-order chi connectivity index (χ0) is 14.6. The average molecular weight is 310 g/mol. The van der Waals surface area contributed by atoms with Gasteiger partial charge in [0.15, 0.2) is 5.82 Å². The van der Waals surface area contributed by atoms with E-state index in [1.54, 1.807) is 4.57 Å². The number of thiophene rings is 1. The SMILES string of the molecule is CCn1c(-c2cccs2)nnc1S(=O)(=O)CCCC#N. The molecule has 0 fully saturated rings. The third-order valence-corrected chi connectivity index (χ3v) is 5.30. The van der Waals surface area contributed by atoms with Crippen molar-refractivity contribution in [3.63, 3.8) is 0 Å². The summed E-state index contributed by atoms with van der Waals surface area (Å²) in [7, 11) is -3.50. The summed E-state index contributed by atoms with van der Waals surface area (Å²) in [5.41, 5.74) is 0. The predicted octanol–water partition coefficient (Wildman–Crippen LogP) is 2.10. The number of hydrogen-bond acceptors (Lipinski definition) is 6. The largest absolute Gasteiger partial charge is 0.298 e. The Morgan fingerprint density at radius 1 is 1.45 bits per heavy atom. The van der Waals surface area contributed by atoms with Crippen LogP contribution in [0.2, 0.25) is 0 Å². The molecule has 0 saturated heterocycles. The number of aromatic nitrogens is 3. The van der Waals surface area contributed by atoms with Gasteiger partial charge >= 0.3 is 0 Å². The molecule has 0 amide bonds. The van der Waals surface area contributed by atoms with Gasteiger partial charge < -0.3 is 0 Å². The summed E-state index contributed by atoms with van der Waals surface area (Å²) >= 11 is 1.49. The van der Waals surface area contributed by atoms with E-state index >= 15 is 0 Å². The highest BCUT2D eigenvalue weighted by atomic mass is 32.2. The molecular formula is C12H14N4O2S2. The highest BCUT2D eigenvalue weighted by Crippen LogP contribution is 2.25. The Balaban J connectivity index is 2.36. The van der Waals surface area contributed by atoms with Crippen LogP contribution in [0.1, 0.15) is 19.8 Å². The quantitative estimate of drug-likeness (QED) is 0.762. The van der Waals surface area contributed by atoms with Gasteiger partial charge in [0.25, 0.3) is 0 Å². The lowest BCUT2D eigenvalue weighted by atomic mass is 10.4. The Morgan fingerprint density at radius 2 is 2.25 bits per heavy atom. The molecule has 0 aromatic carbocycles. The van der Waals surface area contributed by atoms with Crippen LogP contribution in [0.15, 0.2) is 22.7 Å². The highest BCUT2D eigenvalue weighted by molar-refractivity contribution is 7.91. The summed E-state index contributed by atoms with van der Waals surface area (Å²) in [6, 6.07) is 5.71. The van der Waals surface area contributed by atoms with Crippen molar-refractivity contribution in [2.24, 2.45) is 0 Å². The van der Waals surface area contributed by atoms with Gasteiger partial charge in [0.1, 0.15) is 0 Å². The van der Waals surface area contributed by atoms with Gasteiger partial charge in [0, 0.05) is 13.0 Å². The molecule has 0 radical (unpaired) electrons. The Labute approximate surface area is 121 Å². The molecule has 0 aliphatic carbocycles. The summed E-state index contributed by atoms with van der Waals surface area (Å²) in [5, 5.41) is 18.2. The third-order valence-electron chi connectivity index (χ3n) is 2.75. The van der Waals surface area contributed by atoms with Crippen molar-refractivity contribution in [1.82, 2.24) is 14.8 Å². The summed E-state index contributed by atoms with van der Waals surface area (Å²) in [6.45, 7) is 2.34. The van der Waals surface area contributed by atoms with Gasteiger partial charge in [0.05, 0.1) is 16.7 Å². The molecule has 0 aliphatic rings. The van der Waals surface area contributed by atoms with Crippen LogP contribution in [0.25, 0.3) is 10.7 Å². The third kappa shape index (κ3) is 2.89. The number of nitriles is 1. The lowest BCUT2D eigenvalue weighted by Crippen LogP contribution is -2.14. The van der Waals surface area contributed by atoms with Crippen LogP contribution in [0, 0.1) is 11.3 Å². The first kappa shape index (κ1) is 14.7. The number of rotatable bonds is 6. The molecule has 2 rings (SSSR count). The van der Waals surface area contributed by atoms with Crippen LogP contribution < -0.4 is 0 Å². The summed E-state index contributed by atoms with van der Waals surface area (Å²) < 4.78 is 26.1. The van der Waals surface area contributed by atoms with Crippen LogP contribution in [0.4, 0.5) is 0 Å². The minimum absolute atomic E-state index is 0.0126. The molecule has 0 atom stereocenters. The molecule has 2 aromatic rings. The van der Waals surface area contributed by atoms with E-state index in [-0.39, 0.29) is 17.3 Å². The molecule has 2 aromatic heterocycles. The van der Waals surface area contributed by atoms with Crippen LogP contribution in [0.5, 0.6) is 0 Å². The lowest BCUT2D eigenvalue weighted by Gasteiger charge is -2.06. The van der Waals surface area contributed by atoms with Gasteiger partial charge in [0.2, 0.25) is 15.0 Å². The minimum atomic E-state index is -3.50. The van der Waals surface area contributed by atoms with Crippen molar-refractivity contribution in [2.75, 3.05) is 5.75 Å². The predicted molar refractivity (Wildman–Crippen MR) is 75.9 cm³/mol. The van der Waals surface area contributed by atoms with Crippen molar-refractivity contribution in [3.05, 3.63) is 17.5 Å². The van der Waals surface area contributed by atoms with E-state index in [0.717, 1.165) is 4.88 Å².